The fourth-order valence-electron chi connectivity index (χ4n) is 3.40. The number of amides is 2. The van der Waals surface area contributed by atoms with Crippen LogP contribution >= 0.6 is 27.3 Å². The van der Waals surface area contributed by atoms with Crippen molar-refractivity contribution in [1.29, 1.82) is 0 Å². The third kappa shape index (κ3) is 3.25. The molecule has 0 fully saturated rings. The maximum atomic E-state index is 12.8. The van der Waals surface area contributed by atoms with Gasteiger partial charge in [-0.1, -0.05) is 15.9 Å². The first-order valence-electron chi connectivity index (χ1n) is 8.60. The predicted octanol–water partition coefficient (Wildman–Crippen LogP) is 3.58. The summed E-state index contributed by atoms with van der Waals surface area (Å²) in [5.41, 5.74) is 2.21. The van der Waals surface area contributed by atoms with Crippen molar-refractivity contribution in [3.8, 4) is 5.75 Å². The van der Waals surface area contributed by atoms with Gasteiger partial charge in [-0.15, -0.1) is 11.3 Å². The van der Waals surface area contributed by atoms with E-state index >= 15 is 0 Å². The van der Waals surface area contributed by atoms with Crippen LogP contribution in [0.4, 0.5) is 9.80 Å². The molecule has 2 aliphatic rings. The maximum absolute atomic E-state index is 12.8. The molecule has 2 aliphatic heterocycles. The average Bonchev–Trinajstić information content (AvgIpc) is 3.01. The average molecular weight is 452 g/mol. The van der Waals surface area contributed by atoms with E-state index in [0.29, 0.717) is 37.2 Å². The molecule has 0 radical (unpaired) electrons. The SMILES string of the molecule is CCOC(=O)N1CCc2c(sc3c2C(=O)N[C@H](c2cc(Br)ccc2O)N3)C1. The van der Waals surface area contributed by atoms with Gasteiger partial charge in [0.15, 0.2) is 0 Å². The van der Waals surface area contributed by atoms with Gasteiger partial charge in [0.1, 0.15) is 16.9 Å². The van der Waals surface area contributed by atoms with Crippen LogP contribution in [0.15, 0.2) is 22.7 Å². The molecule has 0 spiro atoms. The van der Waals surface area contributed by atoms with Gasteiger partial charge in [-0.05, 0) is 37.1 Å². The van der Waals surface area contributed by atoms with E-state index in [9.17, 15) is 14.7 Å². The number of nitrogens with zero attached hydrogens (tertiary/aromatic N) is 1. The molecule has 27 heavy (non-hydrogen) atoms. The number of rotatable bonds is 2. The molecule has 0 aliphatic carbocycles. The highest BCUT2D eigenvalue weighted by Crippen LogP contribution is 2.42. The van der Waals surface area contributed by atoms with Crippen LogP contribution in [0.3, 0.4) is 0 Å². The lowest BCUT2D eigenvalue weighted by Gasteiger charge is -2.28. The Balaban J connectivity index is 1.63. The first-order chi connectivity index (χ1) is 13.0. The lowest BCUT2D eigenvalue weighted by molar-refractivity contribution is 0.0934. The normalized spacial score (nSPS) is 18.2. The minimum atomic E-state index is -0.524. The van der Waals surface area contributed by atoms with Gasteiger partial charge < -0.3 is 25.4 Å². The molecule has 3 heterocycles. The molecule has 1 atom stereocenters. The number of ether oxygens (including phenoxy) is 1. The molecule has 1 aromatic heterocycles. The summed E-state index contributed by atoms with van der Waals surface area (Å²) >= 11 is 4.87. The van der Waals surface area contributed by atoms with E-state index in [1.54, 1.807) is 30.0 Å². The van der Waals surface area contributed by atoms with Gasteiger partial charge >= 0.3 is 6.09 Å². The van der Waals surface area contributed by atoms with Gasteiger partial charge in [-0.2, -0.15) is 0 Å². The number of nitrogens with one attached hydrogen (secondary N) is 2. The Morgan fingerprint density at radius 2 is 2.26 bits per heavy atom. The smallest absolute Gasteiger partial charge is 0.410 e. The van der Waals surface area contributed by atoms with Crippen molar-refractivity contribution in [2.75, 3.05) is 18.5 Å². The van der Waals surface area contributed by atoms with E-state index < -0.39 is 6.17 Å². The Bertz CT molecular complexity index is 930. The summed E-state index contributed by atoms with van der Waals surface area (Å²) in [4.78, 5) is 27.4. The summed E-state index contributed by atoms with van der Waals surface area (Å²) in [7, 11) is 0. The van der Waals surface area contributed by atoms with Crippen LogP contribution in [0.5, 0.6) is 5.75 Å². The number of benzene rings is 1. The zero-order valence-electron chi connectivity index (χ0n) is 14.5. The van der Waals surface area contributed by atoms with Crippen molar-refractivity contribution in [2.24, 2.45) is 0 Å². The minimum Gasteiger partial charge on any atom is -0.508 e. The van der Waals surface area contributed by atoms with E-state index in [-0.39, 0.29) is 17.7 Å². The Labute approximate surface area is 168 Å². The summed E-state index contributed by atoms with van der Waals surface area (Å²) in [6.07, 6.45) is -0.241. The van der Waals surface area contributed by atoms with Crippen molar-refractivity contribution in [2.45, 2.75) is 26.1 Å². The number of fused-ring (bicyclic) bond motifs is 3. The fourth-order valence-corrected chi connectivity index (χ4v) is 5.07. The Hall–Kier alpha value is -2.26. The van der Waals surface area contributed by atoms with E-state index in [1.807, 2.05) is 0 Å². The molecule has 3 N–H and O–H groups in total. The topological polar surface area (TPSA) is 90.9 Å². The molecule has 4 rings (SSSR count). The zero-order chi connectivity index (χ0) is 19.1. The Kier molecular flexibility index (Phi) is 4.73. The van der Waals surface area contributed by atoms with Crippen molar-refractivity contribution in [1.82, 2.24) is 10.2 Å². The van der Waals surface area contributed by atoms with Crippen molar-refractivity contribution in [3.63, 3.8) is 0 Å². The number of hydrogen-bond acceptors (Lipinski definition) is 6. The monoisotopic (exact) mass is 451 g/mol. The number of aromatic hydroxyl groups is 1. The summed E-state index contributed by atoms with van der Waals surface area (Å²) in [5, 5.41) is 17.2. The van der Waals surface area contributed by atoms with Gasteiger partial charge in [0, 0.05) is 21.5 Å². The minimum absolute atomic E-state index is 0.106. The second-order valence-electron chi connectivity index (χ2n) is 6.33. The van der Waals surface area contributed by atoms with Gasteiger partial charge in [-0.3, -0.25) is 4.79 Å². The molecular weight excluding hydrogens is 434 g/mol. The molecule has 0 unspecified atom stereocenters. The zero-order valence-corrected chi connectivity index (χ0v) is 16.9. The summed E-state index contributed by atoms with van der Waals surface area (Å²) in [5.74, 6) is -0.0653. The van der Waals surface area contributed by atoms with Crippen LogP contribution in [0.2, 0.25) is 0 Å². The molecule has 1 aromatic carbocycles. The first-order valence-corrected chi connectivity index (χ1v) is 10.2. The molecule has 2 amide bonds. The number of thiophene rings is 1. The molecule has 0 saturated carbocycles. The van der Waals surface area contributed by atoms with Gasteiger partial charge in [0.05, 0.1) is 18.7 Å². The van der Waals surface area contributed by atoms with Crippen molar-refractivity contribution < 1.29 is 19.4 Å². The number of halogens is 1. The molecule has 7 nitrogen and oxygen atoms in total. The Morgan fingerprint density at radius 1 is 1.44 bits per heavy atom. The fraction of sp³-hybridized carbons (Fsp3) is 0.333. The lowest BCUT2D eigenvalue weighted by Crippen LogP contribution is -2.39. The second-order valence-corrected chi connectivity index (χ2v) is 8.35. The number of carbonyl (C=O) groups is 2. The molecular formula is C18H18BrN3O4S. The lowest BCUT2D eigenvalue weighted by atomic mass is 10.0. The van der Waals surface area contributed by atoms with Crippen LogP contribution in [-0.2, 0) is 17.7 Å². The van der Waals surface area contributed by atoms with Crippen LogP contribution in [0.25, 0.3) is 0 Å². The molecule has 0 bridgehead atoms. The Morgan fingerprint density at radius 3 is 3.04 bits per heavy atom. The predicted molar refractivity (Wildman–Crippen MR) is 105 cm³/mol. The summed E-state index contributed by atoms with van der Waals surface area (Å²) < 4.78 is 5.90. The summed E-state index contributed by atoms with van der Waals surface area (Å²) in [6, 6.07) is 5.09. The van der Waals surface area contributed by atoms with E-state index in [4.69, 9.17) is 4.74 Å². The van der Waals surface area contributed by atoms with Crippen LogP contribution < -0.4 is 10.6 Å². The highest BCUT2D eigenvalue weighted by atomic mass is 79.9. The molecule has 2 aromatic rings. The first kappa shape index (κ1) is 18.1. The van der Waals surface area contributed by atoms with Gasteiger partial charge in [0.25, 0.3) is 5.91 Å². The standard InChI is InChI=1S/C18H18BrN3O4S/c1-2-26-18(25)22-6-5-10-13(8-22)27-17-14(10)16(24)20-15(21-17)11-7-9(19)3-4-12(11)23/h3-4,7,15,21,23H,2,5-6,8H2,1H3,(H,20,24)/t15-/m0/s1. The van der Waals surface area contributed by atoms with Crippen molar-refractivity contribution >= 4 is 44.3 Å². The van der Waals surface area contributed by atoms with Crippen LogP contribution in [-0.4, -0.2) is 35.2 Å². The van der Waals surface area contributed by atoms with E-state index in [1.165, 1.54) is 11.3 Å². The molecule has 9 heteroatoms. The van der Waals surface area contributed by atoms with Gasteiger partial charge in [0.2, 0.25) is 0 Å². The largest absolute Gasteiger partial charge is 0.508 e. The van der Waals surface area contributed by atoms with Gasteiger partial charge in [-0.25, -0.2) is 4.79 Å². The summed E-state index contributed by atoms with van der Waals surface area (Å²) in [6.45, 7) is 3.08. The maximum Gasteiger partial charge on any atom is 0.410 e. The number of carbonyl (C=O) groups excluding carboxylic acids is 2. The quantitative estimate of drug-likeness (QED) is 0.648. The third-order valence-electron chi connectivity index (χ3n) is 4.66. The highest BCUT2D eigenvalue weighted by Gasteiger charge is 2.35. The van der Waals surface area contributed by atoms with E-state index in [2.05, 4.69) is 26.6 Å². The third-order valence-corrected chi connectivity index (χ3v) is 6.30. The van der Waals surface area contributed by atoms with Crippen LogP contribution in [0, 0.1) is 0 Å². The van der Waals surface area contributed by atoms with Crippen molar-refractivity contribution in [3.05, 3.63) is 44.2 Å². The number of phenols is 1. The van der Waals surface area contributed by atoms with Crippen LogP contribution in [0.1, 0.15) is 39.5 Å². The number of hydrogen-bond donors (Lipinski definition) is 3. The van der Waals surface area contributed by atoms with E-state index in [0.717, 1.165) is 19.9 Å². The second kappa shape index (κ2) is 7.05. The number of phenolic OH excluding ortho intramolecular Hbond substituents is 1. The highest BCUT2D eigenvalue weighted by molar-refractivity contribution is 9.10. The molecule has 142 valence electrons. The number of anilines is 1. The molecule has 0 saturated heterocycles.